The van der Waals surface area contributed by atoms with E-state index in [1.54, 1.807) is 18.2 Å². The lowest BCUT2D eigenvalue weighted by Crippen LogP contribution is -2.41. The maximum atomic E-state index is 13.0. The van der Waals surface area contributed by atoms with Crippen LogP contribution in [0.15, 0.2) is 24.3 Å². The smallest absolute Gasteiger partial charge is 0.320 e. The van der Waals surface area contributed by atoms with Crippen LogP contribution in [-0.2, 0) is 11.3 Å². The number of nitrogens with zero attached hydrogens (tertiary/aromatic N) is 1. The van der Waals surface area contributed by atoms with Gasteiger partial charge in [0.25, 0.3) is 0 Å². The third-order valence-corrected chi connectivity index (χ3v) is 3.44. The summed E-state index contributed by atoms with van der Waals surface area (Å²) in [7, 11) is 0. The molecular formula is C14H16F4N2O. The van der Waals surface area contributed by atoms with Crippen LogP contribution in [0, 0.1) is 0 Å². The number of carbonyl (C=O) groups excluding carboxylic acids is 1. The molecule has 0 radical (unpaired) electrons. The van der Waals surface area contributed by atoms with Crippen LogP contribution in [0.4, 0.5) is 23.2 Å². The summed E-state index contributed by atoms with van der Waals surface area (Å²) in [4.78, 5) is 13.4. The summed E-state index contributed by atoms with van der Waals surface area (Å²) in [5.41, 5.74) is 0.785. The molecule has 1 aliphatic rings. The first-order valence-corrected chi connectivity index (χ1v) is 6.69. The molecule has 0 atom stereocenters. The van der Waals surface area contributed by atoms with Gasteiger partial charge in [-0.05, 0) is 37.6 Å². The molecular weight excluding hydrogens is 288 g/mol. The standard InChI is InChI=1S/C14H16F4N2O/c15-12(16)14(17,18)13(21)19-11-6-2-1-5-10(11)9-20-7-3-4-8-20/h1-2,5-6,12H,3-4,7-9H2,(H,19,21). The maximum Gasteiger partial charge on any atom is 0.383 e. The molecule has 1 fully saturated rings. The second-order valence-corrected chi connectivity index (χ2v) is 5.02. The van der Waals surface area contributed by atoms with Crippen LogP contribution in [-0.4, -0.2) is 36.2 Å². The van der Waals surface area contributed by atoms with Gasteiger partial charge < -0.3 is 5.32 Å². The minimum absolute atomic E-state index is 0.148. The van der Waals surface area contributed by atoms with E-state index in [0.717, 1.165) is 25.9 Å². The molecule has 0 saturated carbocycles. The fourth-order valence-electron chi connectivity index (χ4n) is 2.27. The summed E-state index contributed by atoms with van der Waals surface area (Å²) in [6.07, 6.45) is -1.89. The van der Waals surface area contributed by atoms with E-state index >= 15 is 0 Å². The molecule has 7 heteroatoms. The number of rotatable bonds is 5. The van der Waals surface area contributed by atoms with Crippen LogP contribution in [0.3, 0.4) is 0 Å². The number of para-hydroxylation sites is 1. The second-order valence-electron chi connectivity index (χ2n) is 5.02. The number of hydrogen-bond acceptors (Lipinski definition) is 2. The first-order chi connectivity index (χ1) is 9.91. The van der Waals surface area contributed by atoms with Crippen molar-refractivity contribution in [2.75, 3.05) is 18.4 Å². The van der Waals surface area contributed by atoms with Crippen molar-refractivity contribution in [1.82, 2.24) is 4.90 Å². The molecule has 3 nitrogen and oxygen atoms in total. The number of benzene rings is 1. The molecule has 1 N–H and O–H groups in total. The van der Waals surface area contributed by atoms with E-state index in [4.69, 9.17) is 0 Å². The lowest BCUT2D eigenvalue weighted by molar-refractivity contribution is -0.163. The number of nitrogens with one attached hydrogen (secondary N) is 1. The van der Waals surface area contributed by atoms with Gasteiger partial charge in [-0.1, -0.05) is 18.2 Å². The topological polar surface area (TPSA) is 32.3 Å². The summed E-state index contributed by atoms with van der Waals surface area (Å²) < 4.78 is 50.3. The maximum absolute atomic E-state index is 13.0. The normalized spacial score (nSPS) is 16.4. The summed E-state index contributed by atoms with van der Waals surface area (Å²) in [6, 6.07) is 6.40. The Hall–Kier alpha value is -1.63. The molecule has 1 aliphatic heterocycles. The molecule has 0 bridgehead atoms. The monoisotopic (exact) mass is 304 g/mol. The Labute approximate surface area is 119 Å². The number of carbonyl (C=O) groups is 1. The van der Waals surface area contributed by atoms with Gasteiger partial charge in [-0.3, -0.25) is 9.69 Å². The third-order valence-electron chi connectivity index (χ3n) is 3.44. The molecule has 1 heterocycles. The Bertz CT molecular complexity index is 502. The molecule has 0 spiro atoms. The first kappa shape index (κ1) is 15.8. The Balaban J connectivity index is 2.11. The number of halogens is 4. The quantitative estimate of drug-likeness (QED) is 0.848. The predicted molar refractivity (Wildman–Crippen MR) is 70.5 cm³/mol. The molecule has 21 heavy (non-hydrogen) atoms. The molecule has 0 aromatic heterocycles. The van der Waals surface area contributed by atoms with Crippen molar-refractivity contribution < 1.29 is 22.4 Å². The van der Waals surface area contributed by atoms with E-state index in [-0.39, 0.29) is 5.69 Å². The van der Waals surface area contributed by atoms with Crippen molar-refractivity contribution >= 4 is 11.6 Å². The summed E-state index contributed by atoms with van der Waals surface area (Å²) >= 11 is 0. The summed E-state index contributed by atoms with van der Waals surface area (Å²) in [5, 5.41) is 1.91. The van der Waals surface area contributed by atoms with Gasteiger partial charge in [0.05, 0.1) is 0 Å². The minimum atomic E-state index is -4.69. The number of anilines is 1. The summed E-state index contributed by atoms with van der Waals surface area (Å²) in [5.74, 6) is -6.67. The lowest BCUT2D eigenvalue weighted by Gasteiger charge is -2.19. The van der Waals surface area contributed by atoms with Gasteiger partial charge in [-0.2, -0.15) is 8.78 Å². The van der Waals surface area contributed by atoms with Gasteiger partial charge in [0.2, 0.25) is 0 Å². The van der Waals surface area contributed by atoms with Crippen LogP contribution >= 0.6 is 0 Å². The van der Waals surface area contributed by atoms with Crippen LogP contribution in [0.5, 0.6) is 0 Å². The second kappa shape index (κ2) is 6.43. The molecule has 0 unspecified atom stereocenters. The lowest BCUT2D eigenvalue weighted by atomic mass is 10.1. The third kappa shape index (κ3) is 3.72. The van der Waals surface area contributed by atoms with Crippen LogP contribution in [0.2, 0.25) is 0 Å². The Morgan fingerprint density at radius 3 is 2.48 bits per heavy atom. The SMILES string of the molecule is O=C(Nc1ccccc1CN1CCCC1)C(F)(F)C(F)F. The van der Waals surface area contributed by atoms with E-state index in [0.29, 0.717) is 12.1 Å². The molecule has 1 aromatic rings. The fourth-order valence-corrected chi connectivity index (χ4v) is 2.27. The molecule has 116 valence electrons. The number of amides is 1. The van der Waals surface area contributed by atoms with E-state index in [2.05, 4.69) is 4.90 Å². The highest BCUT2D eigenvalue weighted by molar-refractivity contribution is 5.97. The zero-order valence-corrected chi connectivity index (χ0v) is 11.3. The van der Waals surface area contributed by atoms with E-state index in [1.165, 1.54) is 6.07 Å². The number of alkyl halides is 4. The number of hydrogen-bond donors (Lipinski definition) is 1. The van der Waals surface area contributed by atoms with Crippen molar-refractivity contribution in [3.8, 4) is 0 Å². The van der Waals surface area contributed by atoms with Crippen LogP contribution in [0.25, 0.3) is 0 Å². The van der Waals surface area contributed by atoms with Gasteiger partial charge in [0.1, 0.15) is 0 Å². The fraction of sp³-hybridized carbons (Fsp3) is 0.500. The van der Waals surface area contributed by atoms with Gasteiger partial charge >= 0.3 is 18.3 Å². The van der Waals surface area contributed by atoms with Gasteiger partial charge in [-0.25, -0.2) is 8.78 Å². The highest BCUT2D eigenvalue weighted by Crippen LogP contribution is 2.26. The highest BCUT2D eigenvalue weighted by Gasteiger charge is 2.49. The van der Waals surface area contributed by atoms with Crippen molar-refractivity contribution in [2.45, 2.75) is 31.7 Å². The van der Waals surface area contributed by atoms with Gasteiger partial charge in [0.15, 0.2) is 0 Å². The molecule has 2 rings (SSSR count). The van der Waals surface area contributed by atoms with Gasteiger partial charge in [0, 0.05) is 12.2 Å². The van der Waals surface area contributed by atoms with E-state index in [9.17, 15) is 22.4 Å². The minimum Gasteiger partial charge on any atom is -0.320 e. The molecule has 1 saturated heterocycles. The van der Waals surface area contributed by atoms with E-state index in [1.807, 2.05) is 5.32 Å². The predicted octanol–water partition coefficient (Wildman–Crippen LogP) is 3.12. The van der Waals surface area contributed by atoms with Crippen molar-refractivity contribution in [2.24, 2.45) is 0 Å². The molecule has 0 aliphatic carbocycles. The largest absolute Gasteiger partial charge is 0.383 e. The number of likely N-dealkylation sites (tertiary alicyclic amines) is 1. The average molecular weight is 304 g/mol. The Morgan fingerprint density at radius 1 is 1.24 bits per heavy atom. The zero-order valence-electron chi connectivity index (χ0n) is 11.3. The first-order valence-electron chi connectivity index (χ1n) is 6.69. The Kier molecular flexibility index (Phi) is 4.82. The van der Waals surface area contributed by atoms with Crippen molar-refractivity contribution in [1.29, 1.82) is 0 Å². The van der Waals surface area contributed by atoms with Crippen LogP contribution < -0.4 is 5.32 Å². The zero-order chi connectivity index (χ0) is 15.5. The molecule has 1 aromatic carbocycles. The summed E-state index contributed by atoms with van der Waals surface area (Å²) in [6.45, 7) is 2.29. The van der Waals surface area contributed by atoms with Gasteiger partial charge in [-0.15, -0.1) is 0 Å². The van der Waals surface area contributed by atoms with Crippen LogP contribution in [0.1, 0.15) is 18.4 Å². The molecule has 1 amide bonds. The van der Waals surface area contributed by atoms with E-state index < -0.39 is 18.3 Å². The average Bonchev–Trinajstić information content (AvgIpc) is 2.93. The van der Waals surface area contributed by atoms with Crippen molar-refractivity contribution in [3.05, 3.63) is 29.8 Å². The highest BCUT2D eigenvalue weighted by atomic mass is 19.3. The Morgan fingerprint density at radius 2 is 1.86 bits per heavy atom. The van der Waals surface area contributed by atoms with Crippen molar-refractivity contribution in [3.63, 3.8) is 0 Å².